The number of aromatic nitrogens is 3. The van der Waals surface area contributed by atoms with Crippen molar-refractivity contribution in [3.63, 3.8) is 0 Å². The van der Waals surface area contributed by atoms with Crippen molar-refractivity contribution in [2.45, 2.75) is 32.5 Å². The van der Waals surface area contributed by atoms with Gasteiger partial charge < -0.3 is 16.2 Å². The molecule has 8 nitrogen and oxygen atoms in total. The van der Waals surface area contributed by atoms with Gasteiger partial charge in [0.1, 0.15) is 0 Å². The first-order chi connectivity index (χ1) is 14.5. The number of pyridine rings is 1. The molecule has 0 aliphatic carbocycles. The molecular formula is C19H20F3N5O3S. The van der Waals surface area contributed by atoms with E-state index in [1.54, 1.807) is 28.3 Å². The smallest absolute Gasteiger partial charge is 0.475 e. The average molecular weight is 455 g/mol. The number of aryl methyl sites for hydroxylation is 2. The number of aliphatic carboxylic acids is 1. The number of halogens is 3. The third-order valence-corrected chi connectivity index (χ3v) is 4.59. The van der Waals surface area contributed by atoms with Gasteiger partial charge in [0.05, 0.1) is 23.6 Å². The second-order valence-corrected chi connectivity index (χ2v) is 7.26. The Labute approximate surface area is 179 Å². The molecule has 1 unspecified atom stereocenters. The van der Waals surface area contributed by atoms with Gasteiger partial charge in [-0.1, -0.05) is 0 Å². The number of nitrogens with one attached hydrogen (secondary N) is 1. The predicted octanol–water partition coefficient (Wildman–Crippen LogP) is 3.09. The molecule has 3 aromatic heterocycles. The number of carbonyl (C=O) groups excluding carboxylic acids is 1. The number of nitrogens with two attached hydrogens (primary N) is 1. The molecule has 31 heavy (non-hydrogen) atoms. The van der Waals surface area contributed by atoms with E-state index >= 15 is 0 Å². The molecule has 0 fully saturated rings. The lowest BCUT2D eigenvalue weighted by atomic mass is 10.1. The van der Waals surface area contributed by atoms with Crippen LogP contribution >= 0.6 is 11.3 Å². The number of nitrogens with zero attached hydrogens (tertiary/aromatic N) is 3. The monoisotopic (exact) mass is 455 g/mol. The normalized spacial score (nSPS) is 11.9. The first-order valence-electron chi connectivity index (χ1n) is 8.84. The number of thiophene rings is 1. The van der Waals surface area contributed by atoms with E-state index in [4.69, 9.17) is 15.6 Å². The summed E-state index contributed by atoms with van der Waals surface area (Å²) in [6, 6.07) is 6.99. The molecule has 4 N–H and O–H groups in total. The van der Waals surface area contributed by atoms with Gasteiger partial charge in [-0.05, 0) is 60.9 Å². The van der Waals surface area contributed by atoms with Crippen molar-refractivity contribution in [2.75, 3.05) is 5.32 Å². The first kappa shape index (κ1) is 24.0. The molecule has 0 spiro atoms. The summed E-state index contributed by atoms with van der Waals surface area (Å²) in [6.07, 6.45) is -2.95. The van der Waals surface area contributed by atoms with Crippen molar-refractivity contribution in [3.8, 4) is 5.82 Å². The van der Waals surface area contributed by atoms with Crippen LogP contribution in [0.15, 0.2) is 41.2 Å². The number of carbonyl (C=O) groups is 2. The summed E-state index contributed by atoms with van der Waals surface area (Å²) in [6.45, 7) is 3.91. The number of rotatable bonds is 5. The van der Waals surface area contributed by atoms with Crippen LogP contribution in [0.5, 0.6) is 0 Å². The number of carboxylic acids is 1. The minimum atomic E-state index is -5.08. The Bertz CT molecular complexity index is 1020. The lowest BCUT2D eigenvalue weighted by Crippen LogP contribution is -2.37. The zero-order valence-electron chi connectivity index (χ0n) is 16.6. The lowest BCUT2D eigenvalue weighted by molar-refractivity contribution is -0.192. The molecule has 0 bridgehead atoms. The van der Waals surface area contributed by atoms with Crippen molar-refractivity contribution in [1.29, 1.82) is 0 Å². The number of anilines is 1. The van der Waals surface area contributed by atoms with Crippen LogP contribution in [0, 0.1) is 13.8 Å². The zero-order valence-corrected chi connectivity index (χ0v) is 17.4. The van der Waals surface area contributed by atoms with E-state index in [1.807, 2.05) is 42.8 Å². The van der Waals surface area contributed by atoms with E-state index in [0.717, 1.165) is 17.0 Å². The van der Waals surface area contributed by atoms with Crippen LogP contribution in [-0.4, -0.2) is 44.0 Å². The van der Waals surface area contributed by atoms with Gasteiger partial charge in [-0.25, -0.2) is 14.5 Å². The Morgan fingerprint density at radius 2 is 1.97 bits per heavy atom. The van der Waals surface area contributed by atoms with E-state index in [0.29, 0.717) is 17.9 Å². The predicted molar refractivity (Wildman–Crippen MR) is 109 cm³/mol. The summed E-state index contributed by atoms with van der Waals surface area (Å²) < 4.78 is 33.5. The third kappa shape index (κ3) is 7.19. The van der Waals surface area contributed by atoms with E-state index in [1.165, 1.54) is 0 Å². The molecule has 3 rings (SSSR count). The third-order valence-electron chi connectivity index (χ3n) is 3.86. The summed E-state index contributed by atoms with van der Waals surface area (Å²) in [5, 5.41) is 18.3. The SMILES string of the molecule is Cc1cc(C)n(-c2ccc(NC(=O)C(N)Cc3ccsc3)cn2)n1.O=C(O)C(F)(F)F. The molecule has 166 valence electrons. The van der Waals surface area contributed by atoms with E-state index < -0.39 is 18.2 Å². The Balaban J connectivity index is 0.000000423. The molecule has 3 aromatic rings. The topological polar surface area (TPSA) is 123 Å². The molecule has 0 radical (unpaired) electrons. The van der Waals surface area contributed by atoms with Gasteiger partial charge in [0.15, 0.2) is 5.82 Å². The van der Waals surface area contributed by atoms with Gasteiger partial charge >= 0.3 is 12.1 Å². The summed E-state index contributed by atoms with van der Waals surface area (Å²) in [5.74, 6) is -2.27. The molecular weight excluding hydrogens is 435 g/mol. The fraction of sp³-hybridized carbons (Fsp3) is 0.263. The van der Waals surface area contributed by atoms with Crippen molar-refractivity contribution in [3.05, 3.63) is 58.2 Å². The lowest BCUT2D eigenvalue weighted by Gasteiger charge is -2.12. The molecule has 1 amide bonds. The summed E-state index contributed by atoms with van der Waals surface area (Å²) >= 11 is 1.59. The van der Waals surface area contributed by atoms with Gasteiger partial charge in [-0.15, -0.1) is 0 Å². The summed E-state index contributed by atoms with van der Waals surface area (Å²) in [7, 11) is 0. The molecule has 3 heterocycles. The highest BCUT2D eigenvalue weighted by atomic mass is 32.1. The number of carboxylic acid groups (broad SMARTS) is 1. The van der Waals surface area contributed by atoms with Gasteiger partial charge in [0.2, 0.25) is 5.91 Å². The highest BCUT2D eigenvalue weighted by Crippen LogP contribution is 2.14. The van der Waals surface area contributed by atoms with Crippen LogP contribution in [0.1, 0.15) is 17.0 Å². The first-order valence-corrected chi connectivity index (χ1v) is 9.79. The number of hydrogen-bond donors (Lipinski definition) is 3. The van der Waals surface area contributed by atoms with Crippen LogP contribution in [0.2, 0.25) is 0 Å². The van der Waals surface area contributed by atoms with Crippen LogP contribution in [0.3, 0.4) is 0 Å². The molecule has 12 heteroatoms. The van der Waals surface area contributed by atoms with Gasteiger partial charge in [0, 0.05) is 5.69 Å². The molecule has 0 aromatic carbocycles. The maximum absolute atomic E-state index is 12.2. The summed E-state index contributed by atoms with van der Waals surface area (Å²) in [5.41, 5.74) is 9.59. The van der Waals surface area contributed by atoms with Gasteiger partial charge in [0.25, 0.3) is 0 Å². The van der Waals surface area contributed by atoms with Crippen LogP contribution in [-0.2, 0) is 16.0 Å². The average Bonchev–Trinajstić information content (AvgIpc) is 3.31. The molecule has 0 aliphatic rings. The van der Waals surface area contributed by atoms with E-state index in [-0.39, 0.29) is 5.91 Å². The van der Waals surface area contributed by atoms with E-state index in [2.05, 4.69) is 15.4 Å². The second-order valence-electron chi connectivity index (χ2n) is 6.48. The number of hydrogen-bond acceptors (Lipinski definition) is 6. The summed E-state index contributed by atoms with van der Waals surface area (Å²) in [4.78, 5) is 25.4. The Hall–Kier alpha value is -3.25. The zero-order chi connectivity index (χ0) is 23.2. The molecule has 0 saturated carbocycles. The second kappa shape index (κ2) is 10.2. The molecule has 1 atom stereocenters. The molecule has 0 aliphatic heterocycles. The Morgan fingerprint density at radius 3 is 2.42 bits per heavy atom. The number of amides is 1. The van der Waals surface area contributed by atoms with Gasteiger partial charge in [-0.2, -0.15) is 29.6 Å². The van der Waals surface area contributed by atoms with E-state index in [9.17, 15) is 18.0 Å². The van der Waals surface area contributed by atoms with Crippen molar-refractivity contribution < 1.29 is 27.9 Å². The quantitative estimate of drug-likeness (QED) is 0.543. The van der Waals surface area contributed by atoms with Crippen LogP contribution in [0.4, 0.5) is 18.9 Å². The van der Waals surface area contributed by atoms with Crippen molar-refractivity contribution in [2.24, 2.45) is 5.73 Å². The fourth-order valence-electron chi connectivity index (χ4n) is 2.44. The maximum atomic E-state index is 12.2. The van der Waals surface area contributed by atoms with Crippen LogP contribution in [0.25, 0.3) is 5.82 Å². The fourth-order valence-corrected chi connectivity index (χ4v) is 3.12. The number of alkyl halides is 3. The van der Waals surface area contributed by atoms with Gasteiger partial charge in [-0.3, -0.25) is 4.79 Å². The Morgan fingerprint density at radius 1 is 1.29 bits per heavy atom. The van der Waals surface area contributed by atoms with Crippen molar-refractivity contribution >= 4 is 28.9 Å². The Kier molecular flexibility index (Phi) is 7.89. The van der Waals surface area contributed by atoms with Crippen molar-refractivity contribution in [1.82, 2.24) is 14.8 Å². The highest BCUT2D eigenvalue weighted by Gasteiger charge is 2.38. The highest BCUT2D eigenvalue weighted by molar-refractivity contribution is 7.07. The largest absolute Gasteiger partial charge is 0.490 e. The standard InChI is InChI=1S/C17H19N5OS.C2HF3O2/c1-11-7-12(2)22(21-11)16-4-3-14(9-19-16)20-17(23)15(18)8-13-5-6-24-10-13;3-2(4,5)1(6)7/h3-7,9-10,15H,8,18H2,1-2H3,(H,20,23);(H,6,7). The maximum Gasteiger partial charge on any atom is 0.490 e. The molecule has 0 saturated heterocycles. The minimum Gasteiger partial charge on any atom is -0.475 e. The van der Waals surface area contributed by atoms with Crippen LogP contribution < -0.4 is 11.1 Å². The minimum absolute atomic E-state index is 0.220.